The Kier molecular flexibility index (Phi) is 5.37. The smallest absolute Gasteiger partial charge is 0.183 e. The molecule has 0 aromatic carbocycles. The second kappa shape index (κ2) is 6.81. The molecule has 0 fully saturated rings. The molecule has 0 bridgehead atoms. The van der Waals surface area contributed by atoms with E-state index in [9.17, 15) is 0 Å². The van der Waals surface area contributed by atoms with Gasteiger partial charge >= 0.3 is 0 Å². The summed E-state index contributed by atoms with van der Waals surface area (Å²) in [5.74, 6) is 0.567. The van der Waals surface area contributed by atoms with Crippen LogP contribution in [0.25, 0.3) is 0 Å². The van der Waals surface area contributed by atoms with Crippen LogP contribution in [0.1, 0.15) is 32.4 Å². The van der Waals surface area contributed by atoms with E-state index in [0.717, 1.165) is 12.8 Å². The molecule has 0 aliphatic heterocycles. The van der Waals surface area contributed by atoms with E-state index in [1.165, 1.54) is 6.20 Å². The summed E-state index contributed by atoms with van der Waals surface area (Å²) >= 11 is 0. The van der Waals surface area contributed by atoms with Crippen LogP contribution in [0.3, 0.4) is 0 Å². The van der Waals surface area contributed by atoms with Crippen molar-refractivity contribution in [3.63, 3.8) is 0 Å². The van der Waals surface area contributed by atoms with Crippen LogP contribution >= 0.6 is 0 Å². The van der Waals surface area contributed by atoms with E-state index in [1.807, 2.05) is 11.0 Å². The topological polar surface area (TPSA) is 73.0 Å². The first-order chi connectivity index (χ1) is 8.28. The molecule has 5 nitrogen and oxygen atoms in total. The van der Waals surface area contributed by atoms with Crippen LogP contribution < -0.4 is 4.90 Å². The number of rotatable bonds is 6. The minimum absolute atomic E-state index is 0.0396. The molecule has 1 heterocycles. The third-order valence-electron chi connectivity index (χ3n) is 2.78. The molecule has 1 aromatic rings. The van der Waals surface area contributed by atoms with Gasteiger partial charge < -0.3 is 10.0 Å². The van der Waals surface area contributed by atoms with Crippen LogP contribution in [0.15, 0.2) is 12.4 Å². The molecule has 92 valence electrons. The summed E-state index contributed by atoms with van der Waals surface area (Å²) in [7, 11) is 0. The highest BCUT2D eigenvalue weighted by molar-refractivity contribution is 5.50. The van der Waals surface area contributed by atoms with Crippen molar-refractivity contribution in [3.8, 4) is 6.07 Å². The van der Waals surface area contributed by atoms with Crippen LogP contribution in [0.2, 0.25) is 0 Å². The van der Waals surface area contributed by atoms with E-state index in [1.54, 1.807) is 6.20 Å². The fraction of sp³-hybridized carbons (Fsp3) is 0.583. The lowest BCUT2D eigenvalue weighted by Crippen LogP contribution is -2.38. The molecule has 1 rings (SSSR count). The lowest BCUT2D eigenvalue weighted by atomic mass is 10.1. The summed E-state index contributed by atoms with van der Waals surface area (Å²) in [6.45, 7) is 4.68. The molecule has 0 radical (unpaired) electrons. The number of aliphatic hydroxyl groups is 1. The van der Waals surface area contributed by atoms with E-state index in [2.05, 4.69) is 23.8 Å². The quantitative estimate of drug-likeness (QED) is 0.804. The van der Waals surface area contributed by atoms with E-state index >= 15 is 0 Å². The summed E-state index contributed by atoms with van der Waals surface area (Å²) in [6, 6.07) is 2.31. The third kappa shape index (κ3) is 3.14. The van der Waals surface area contributed by atoms with Crippen LogP contribution in [0, 0.1) is 11.3 Å². The van der Waals surface area contributed by atoms with Crippen LogP contribution in [-0.4, -0.2) is 34.3 Å². The maximum atomic E-state index is 9.13. The zero-order chi connectivity index (χ0) is 12.7. The maximum Gasteiger partial charge on any atom is 0.183 e. The Hall–Kier alpha value is -1.67. The summed E-state index contributed by atoms with van der Waals surface area (Å²) in [4.78, 5) is 10.2. The van der Waals surface area contributed by atoms with E-state index < -0.39 is 0 Å². The number of aliphatic hydroxyl groups excluding tert-OH is 1. The van der Waals surface area contributed by atoms with Crippen molar-refractivity contribution in [1.82, 2.24) is 9.97 Å². The standard InChI is InChI=1S/C12H18N4O/c1-3-10(4-2)16(7-8-17)12-11(9-13)14-5-6-15-12/h5-6,10,17H,3-4,7-8H2,1-2H3. The second-order valence-electron chi connectivity index (χ2n) is 3.73. The average molecular weight is 234 g/mol. The van der Waals surface area contributed by atoms with Gasteiger partial charge in [0.25, 0.3) is 0 Å². The number of hydrogen-bond donors (Lipinski definition) is 1. The lowest BCUT2D eigenvalue weighted by molar-refractivity contribution is 0.295. The van der Waals surface area contributed by atoms with Gasteiger partial charge in [-0.25, -0.2) is 9.97 Å². The zero-order valence-corrected chi connectivity index (χ0v) is 10.3. The number of aromatic nitrogens is 2. The van der Waals surface area contributed by atoms with Crippen molar-refractivity contribution in [2.75, 3.05) is 18.1 Å². The largest absolute Gasteiger partial charge is 0.395 e. The third-order valence-corrected chi connectivity index (χ3v) is 2.78. The first-order valence-corrected chi connectivity index (χ1v) is 5.87. The van der Waals surface area contributed by atoms with Gasteiger partial charge in [-0.15, -0.1) is 0 Å². The zero-order valence-electron chi connectivity index (χ0n) is 10.3. The second-order valence-corrected chi connectivity index (χ2v) is 3.73. The van der Waals surface area contributed by atoms with Crippen molar-refractivity contribution in [2.45, 2.75) is 32.7 Å². The van der Waals surface area contributed by atoms with Gasteiger partial charge in [0.2, 0.25) is 0 Å². The van der Waals surface area contributed by atoms with Crippen molar-refractivity contribution in [2.24, 2.45) is 0 Å². The number of nitrogens with zero attached hydrogens (tertiary/aromatic N) is 4. The molecule has 0 spiro atoms. The van der Waals surface area contributed by atoms with Gasteiger partial charge in [0.05, 0.1) is 6.61 Å². The van der Waals surface area contributed by atoms with Crippen molar-refractivity contribution in [1.29, 1.82) is 5.26 Å². The minimum Gasteiger partial charge on any atom is -0.395 e. The maximum absolute atomic E-state index is 9.13. The minimum atomic E-state index is 0.0396. The Morgan fingerprint density at radius 2 is 2.00 bits per heavy atom. The molecule has 0 aliphatic rings. The van der Waals surface area contributed by atoms with Gasteiger partial charge in [-0.1, -0.05) is 13.8 Å². The molecule has 0 unspecified atom stereocenters. The molecule has 0 saturated heterocycles. The Morgan fingerprint density at radius 3 is 2.53 bits per heavy atom. The molecule has 0 aliphatic carbocycles. The fourth-order valence-corrected chi connectivity index (χ4v) is 1.92. The number of anilines is 1. The Bertz CT molecular complexity index is 384. The molecule has 0 amide bonds. The first kappa shape index (κ1) is 13.4. The SMILES string of the molecule is CCC(CC)N(CCO)c1nccnc1C#N. The molecule has 0 saturated carbocycles. The average Bonchev–Trinajstić information content (AvgIpc) is 2.39. The highest BCUT2D eigenvalue weighted by atomic mass is 16.3. The molecule has 17 heavy (non-hydrogen) atoms. The van der Waals surface area contributed by atoms with Crippen molar-refractivity contribution >= 4 is 5.82 Å². The molecule has 1 aromatic heterocycles. The van der Waals surface area contributed by atoms with E-state index in [4.69, 9.17) is 10.4 Å². The lowest BCUT2D eigenvalue weighted by Gasteiger charge is -2.31. The monoisotopic (exact) mass is 234 g/mol. The van der Waals surface area contributed by atoms with Crippen LogP contribution in [0.4, 0.5) is 5.82 Å². The number of hydrogen-bond acceptors (Lipinski definition) is 5. The van der Waals surface area contributed by atoms with Gasteiger partial charge in [0.1, 0.15) is 6.07 Å². The van der Waals surface area contributed by atoms with Gasteiger partial charge in [0, 0.05) is 25.0 Å². The molecule has 5 heteroatoms. The summed E-state index contributed by atoms with van der Waals surface area (Å²) < 4.78 is 0. The van der Waals surface area contributed by atoms with Crippen LogP contribution in [-0.2, 0) is 0 Å². The molecule has 0 atom stereocenters. The van der Waals surface area contributed by atoms with Gasteiger partial charge in [-0.3, -0.25) is 0 Å². The van der Waals surface area contributed by atoms with Crippen LogP contribution in [0.5, 0.6) is 0 Å². The summed E-state index contributed by atoms with van der Waals surface area (Å²) in [6.07, 6.45) is 4.96. The highest BCUT2D eigenvalue weighted by Crippen LogP contribution is 2.19. The molecule has 1 N–H and O–H groups in total. The first-order valence-electron chi connectivity index (χ1n) is 5.87. The van der Waals surface area contributed by atoms with Gasteiger partial charge in [0.15, 0.2) is 11.5 Å². The predicted molar refractivity (Wildman–Crippen MR) is 65.5 cm³/mol. The van der Waals surface area contributed by atoms with E-state index in [-0.39, 0.29) is 12.6 Å². The highest BCUT2D eigenvalue weighted by Gasteiger charge is 2.19. The molecular weight excluding hydrogens is 216 g/mol. The van der Waals surface area contributed by atoms with Crippen molar-refractivity contribution in [3.05, 3.63) is 18.1 Å². The Balaban J connectivity index is 3.09. The van der Waals surface area contributed by atoms with E-state index in [0.29, 0.717) is 18.1 Å². The van der Waals surface area contributed by atoms with Crippen molar-refractivity contribution < 1.29 is 5.11 Å². The fourth-order valence-electron chi connectivity index (χ4n) is 1.92. The normalized spacial score (nSPS) is 10.3. The van der Waals surface area contributed by atoms with Gasteiger partial charge in [-0.2, -0.15) is 5.26 Å². The summed E-state index contributed by atoms with van der Waals surface area (Å²) in [5.41, 5.74) is 0.313. The number of nitriles is 1. The predicted octanol–water partition coefficient (Wildman–Crippen LogP) is 1.34. The summed E-state index contributed by atoms with van der Waals surface area (Å²) in [5, 5.41) is 18.1. The molecular formula is C12H18N4O. The Labute approximate surface area is 102 Å². The Morgan fingerprint density at radius 1 is 1.35 bits per heavy atom. The van der Waals surface area contributed by atoms with Gasteiger partial charge in [-0.05, 0) is 12.8 Å².